The quantitative estimate of drug-likeness (QED) is 0.681. The van der Waals surface area contributed by atoms with E-state index in [9.17, 15) is 18.0 Å². The Morgan fingerprint density at radius 1 is 0.905 bits per heavy atom. The lowest BCUT2D eigenvalue weighted by atomic mass is 10.1. The Balaban J connectivity index is 2.16. The number of urea groups is 1. The van der Waals surface area contributed by atoms with E-state index in [1.54, 1.807) is 24.3 Å². The lowest BCUT2D eigenvalue weighted by Gasteiger charge is -2.14. The van der Waals surface area contributed by atoms with E-state index in [0.29, 0.717) is 5.69 Å². The third-order valence-electron chi connectivity index (χ3n) is 2.60. The second-order valence-corrected chi connectivity index (χ2v) is 5.26. The van der Waals surface area contributed by atoms with Crippen LogP contribution in [0.1, 0.15) is 5.56 Å². The Morgan fingerprint density at radius 2 is 1.43 bits per heavy atom. The van der Waals surface area contributed by atoms with Crippen LogP contribution in [0.3, 0.4) is 0 Å². The first kappa shape index (κ1) is 15.6. The average molecular weight is 406 g/mol. The highest BCUT2D eigenvalue weighted by atomic mass is 127. The van der Waals surface area contributed by atoms with Gasteiger partial charge in [-0.2, -0.15) is 13.2 Å². The van der Waals surface area contributed by atoms with Crippen molar-refractivity contribution in [3.63, 3.8) is 0 Å². The van der Waals surface area contributed by atoms with E-state index in [4.69, 9.17) is 0 Å². The van der Waals surface area contributed by atoms with E-state index in [1.165, 1.54) is 18.2 Å². The first-order valence-corrected chi connectivity index (χ1v) is 6.94. The van der Waals surface area contributed by atoms with Gasteiger partial charge in [0.25, 0.3) is 0 Å². The van der Waals surface area contributed by atoms with Crippen molar-refractivity contribution in [2.45, 2.75) is 6.18 Å². The summed E-state index contributed by atoms with van der Waals surface area (Å²) in [4.78, 5) is 11.8. The Bertz CT molecular complexity index is 659. The Hall–Kier alpha value is -1.77. The van der Waals surface area contributed by atoms with Crippen molar-refractivity contribution >= 4 is 40.0 Å². The van der Waals surface area contributed by atoms with Gasteiger partial charge >= 0.3 is 12.2 Å². The molecule has 2 N–H and O–H groups in total. The monoisotopic (exact) mass is 406 g/mol. The van der Waals surface area contributed by atoms with Crippen LogP contribution in [0.25, 0.3) is 0 Å². The molecule has 0 bridgehead atoms. The summed E-state index contributed by atoms with van der Waals surface area (Å²) < 4.78 is 39.2. The van der Waals surface area contributed by atoms with Crippen molar-refractivity contribution < 1.29 is 18.0 Å². The van der Waals surface area contributed by atoms with Crippen LogP contribution in [0, 0.1) is 3.57 Å². The second kappa shape index (κ2) is 6.33. The fraction of sp³-hybridized carbons (Fsp3) is 0.0714. The van der Waals surface area contributed by atoms with Crippen molar-refractivity contribution in [2.24, 2.45) is 0 Å². The molecular weight excluding hydrogens is 396 g/mol. The van der Waals surface area contributed by atoms with Crippen LogP contribution in [0.15, 0.2) is 48.5 Å². The number of rotatable bonds is 2. The van der Waals surface area contributed by atoms with Gasteiger partial charge in [-0.1, -0.05) is 24.3 Å². The van der Waals surface area contributed by atoms with Crippen LogP contribution in [0.5, 0.6) is 0 Å². The van der Waals surface area contributed by atoms with Gasteiger partial charge in [-0.3, -0.25) is 0 Å². The minimum atomic E-state index is -4.52. The highest BCUT2D eigenvalue weighted by Crippen LogP contribution is 2.34. The minimum Gasteiger partial charge on any atom is -0.307 e. The molecule has 2 aromatic rings. The fourth-order valence-corrected chi connectivity index (χ4v) is 2.20. The molecule has 0 aromatic heterocycles. The van der Waals surface area contributed by atoms with E-state index < -0.39 is 17.8 Å². The summed E-state index contributed by atoms with van der Waals surface area (Å²) in [6, 6.07) is 11.1. The molecule has 0 atom stereocenters. The summed E-state index contributed by atoms with van der Waals surface area (Å²) in [6.45, 7) is 0. The maximum absolute atomic E-state index is 12.8. The van der Waals surface area contributed by atoms with Crippen LogP contribution in [-0.4, -0.2) is 6.03 Å². The van der Waals surface area contributed by atoms with Crippen molar-refractivity contribution in [1.29, 1.82) is 0 Å². The maximum atomic E-state index is 12.8. The highest BCUT2D eigenvalue weighted by Gasteiger charge is 2.33. The number of benzene rings is 2. The molecule has 0 unspecified atom stereocenters. The molecule has 0 saturated carbocycles. The summed E-state index contributed by atoms with van der Waals surface area (Å²) in [7, 11) is 0. The first-order valence-electron chi connectivity index (χ1n) is 5.86. The summed E-state index contributed by atoms with van der Waals surface area (Å²) in [5.74, 6) is 0. The van der Waals surface area contributed by atoms with Gasteiger partial charge < -0.3 is 10.6 Å². The number of alkyl halides is 3. The number of carbonyl (C=O) groups is 1. The van der Waals surface area contributed by atoms with Crippen LogP contribution in [0.2, 0.25) is 0 Å². The van der Waals surface area contributed by atoms with E-state index in [2.05, 4.69) is 10.6 Å². The lowest BCUT2D eigenvalue weighted by molar-refractivity contribution is -0.136. The summed E-state index contributed by atoms with van der Waals surface area (Å²) in [5, 5.41) is 4.73. The van der Waals surface area contributed by atoms with Gasteiger partial charge in [-0.25, -0.2) is 4.79 Å². The molecule has 3 nitrogen and oxygen atoms in total. The van der Waals surface area contributed by atoms with Gasteiger partial charge in [0, 0.05) is 3.57 Å². The summed E-state index contributed by atoms with van der Waals surface area (Å²) in [6.07, 6.45) is -4.52. The Labute approximate surface area is 132 Å². The smallest absolute Gasteiger partial charge is 0.307 e. The Morgan fingerprint density at radius 3 is 2.05 bits per heavy atom. The third-order valence-corrected chi connectivity index (χ3v) is 3.54. The molecule has 0 heterocycles. The van der Waals surface area contributed by atoms with Crippen LogP contribution in [0.4, 0.5) is 29.3 Å². The number of hydrogen-bond donors (Lipinski definition) is 2. The zero-order valence-electron chi connectivity index (χ0n) is 10.5. The molecule has 0 spiro atoms. The van der Waals surface area contributed by atoms with Crippen molar-refractivity contribution in [3.05, 3.63) is 57.7 Å². The molecule has 2 aromatic carbocycles. The largest absolute Gasteiger partial charge is 0.418 e. The molecule has 0 fully saturated rings. The molecule has 0 radical (unpaired) electrons. The Kier molecular flexibility index (Phi) is 4.71. The summed E-state index contributed by atoms with van der Waals surface area (Å²) >= 11 is 2.02. The number of amides is 2. The zero-order chi connectivity index (χ0) is 15.5. The number of halogens is 4. The van der Waals surface area contributed by atoms with Crippen molar-refractivity contribution in [2.75, 3.05) is 10.6 Å². The predicted molar refractivity (Wildman–Crippen MR) is 83.2 cm³/mol. The first-order chi connectivity index (χ1) is 9.88. The molecule has 2 rings (SSSR count). The number of para-hydroxylation sites is 2. The molecule has 21 heavy (non-hydrogen) atoms. The van der Waals surface area contributed by atoms with Crippen molar-refractivity contribution in [3.8, 4) is 0 Å². The van der Waals surface area contributed by atoms with Crippen molar-refractivity contribution in [1.82, 2.24) is 0 Å². The number of carbonyl (C=O) groups excluding carboxylic acids is 1. The van der Waals surface area contributed by atoms with Gasteiger partial charge in [0.15, 0.2) is 0 Å². The molecule has 2 amide bonds. The van der Waals surface area contributed by atoms with Gasteiger partial charge in [0.05, 0.1) is 16.9 Å². The topological polar surface area (TPSA) is 41.1 Å². The van der Waals surface area contributed by atoms with Gasteiger partial charge in [-0.05, 0) is 46.9 Å². The van der Waals surface area contributed by atoms with E-state index in [0.717, 1.165) is 9.64 Å². The predicted octanol–water partition coefficient (Wildman–Crippen LogP) is 4.95. The molecule has 0 saturated heterocycles. The van der Waals surface area contributed by atoms with Crippen LogP contribution >= 0.6 is 22.6 Å². The molecule has 110 valence electrons. The van der Waals surface area contributed by atoms with Crippen LogP contribution < -0.4 is 10.6 Å². The van der Waals surface area contributed by atoms with E-state index >= 15 is 0 Å². The SMILES string of the molecule is O=C(Nc1ccccc1I)Nc1ccccc1C(F)(F)F. The maximum Gasteiger partial charge on any atom is 0.418 e. The molecule has 0 aliphatic heterocycles. The fourth-order valence-electron chi connectivity index (χ4n) is 1.68. The second-order valence-electron chi connectivity index (χ2n) is 4.10. The summed E-state index contributed by atoms with van der Waals surface area (Å²) in [5.41, 5.74) is -0.642. The number of nitrogens with one attached hydrogen (secondary N) is 2. The highest BCUT2D eigenvalue weighted by molar-refractivity contribution is 14.1. The van der Waals surface area contributed by atoms with E-state index in [-0.39, 0.29) is 5.69 Å². The molecule has 0 aliphatic carbocycles. The van der Waals surface area contributed by atoms with Gasteiger partial charge in [0.1, 0.15) is 0 Å². The van der Waals surface area contributed by atoms with Gasteiger partial charge in [0.2, 0.25) is 0 Å². The molecule has 0 aliphatic rings. The lowest BCUT2D eigenvalue weighted by Crippen LogP contribution is -2.22. The number of hydrogen-bond acceptors (Lipinski definition) is 1. The number of anilines is 2. The van der Waals surface area contributed by atoms with E-state index in [1.807, 2.05) is 22.6 Å². The van der Waals surface area contributed by atoms with Gasteiger partial charge in [-0.15, -0.1) is 0 Å². The molecular formula is C14H10F3IN2O. The normalized spacial score (nSPS) is 11.0. The van der Waals surface area contributed by atoms with Crippen LogP contribution in [-0.2, 0) is 6.18 Å². The standard InChI is InChI=1S/C14H10F3IN2O/c15-14(16,17)9-5-1-3-7-11(9)19-13(21)20-12-8-4-2-6-10(12)18/h1-8H,(H2,19,20,21). The average Bonchev–Trinajstić information content (AvgIpc) is 2.41. The third kappa shape index (κ3) is 4.10. The zero-order valence-corrected chi connectivity index (χ0v) is 12.7. The minimum absolute atomic E-state index is 0.284. The molecule has 7 heteroatoms.